The molecular weight excluding hydrogens is 454 g/mol. The van der Waals surface area contributed by atoms with Gasteiger partial charge in [0.2, 0.25) is 5.91 Å². The standard InChI is InChI=1S/C24H25N5O4S/c25-23(30)22-5-2-14-29(22)16-17-3-1-4-20(15-17)27-24(31)18-6-8-21(9-7-18)34(32,33)28-19-10-12-26-13-11-19/h1,3-4,6-13,15,22H,2,5,14,16H2,(H2,25,30)(H,26,28)(H,27,31). The Labute approximate surface area is 198 Å². The summed E-state index contributed by atoms with van der Waals surface area (Å²) in [5, 5.41) is 2.83. The van der Waals surface area contributed by atoms with Gasteiger partial charge in [-0.2, -0.15) is 0 Å². The van der Waals surface area contributed by atoms with Gasteiger partial charge in [0.05, 0.1) is 16.6 Å². The number of likely N-dealkylation sites (tertiary alicyclic amines) is 1. The van der Waals surface area contributed by atoms with Gasteiger partial charge in [0.15, 0.2) is 0 Å². The Hall–Kier alpha value is -3.76. The molecule has 2 aromatic carbocycles. The monoisotopic (exact) mass is 479 g/mol. The van der Waals surface area contributed by atoms with Crippen LogP contribution in [0.3, 0.4) is 0 Å². The van der Waals surface area contributed by atoms with E-state index in [9.17, 15) is 18.0 Å². The van der Waals surface area contributed by atoms with Crippen LogP contribution in [0.4, 0.5) is 11.4 Å². The molecule has 4 N–H and O–H groups in total. The highest BCUT2D eigenvalue weighted by atomic mass is 32.2. The highest BCUT2D eigenvalue weighted by Crippen LogP contribution is 2.22. The number of pyridine rings is 1. The van der Waals surface area contributed by atoms with Crippen LogP contribution in [0, 0.1) is 0 Å². The van der Waals surface area contributed by atoms with Crippen molar-refractivity contribution in [3.63, 3.8) is 0 Å². The topological polar surface area (TPSA) is 134 Å². The molecule has 9 nitrogen and oxygen atoms in total. The molecule has 0 spiro atoms. The number of aromatic nitrogens is 1. The van der Waals surface area contributed by atoms with E-state index >= 15 is 0 Å². The number of hydrogen-bond donors (Lipinski definition) is 3. The maximum Gasteiger partial charge on any atom is 0.261 e. The third-order valence-electron chi connectivity index (χ3n) is 5.62. The summed E-state index contributed by atoms with van der Waals surface area (Å²) < 4.78 is 27.6. The zero-order chi connectivity index (χ0) is 24.1. The lowest BCUT2D eigenvalue weighted by atomic mass is 10.1. The quantitative estimate of drug-likeness (QED) is 0.455. The van der Waals surface area contributed by atoms with Crippen molar-refractivity contribution >= 4 is 33.2 Å². The van der Waals surface area contributed by atoms with E-state index in [0.29, 0.717) is 23.5 Å². The van der Waals surface area contributed by atoms with Crippen molar-refractivity contribution < 1.29 is 18.0 Å². The lowest BCUT2D eigenvalue weighted by molar-refractivity contribution is -0.122. The van der Waals surface area contributed by atoms with Gasteiger partial charge in [-0.25, -0.2) is 8.42 Å². The summed E-state index contributed by atoms with van der Waals surface area (Å²) in [4.78, 5) is 30.3. The number of sulfonamides is 1. The maximum atomic E-state index is 12.7. The van der Waals surface area contributed by atoms with Crippen LogP contribution in [0.25, 0.3) is 0 Å². The van der Waals surface area contributed by atoms with Crippen LogP contribution >= 0.6 is 0 Å². The predicted molar refractivity (Wildman–Crippen MR) is 129 cm³/mol. The molecule has 4 rings (SSSR count). The number of rotatable bonds is 8. The molecule has 34 heavy (non-hydrogen) atoms. The Morgan fingerprint density at radius 1 is 1.03 bits per heavy atom. The number of carbonyl (C=O) groups excluding carboxylic acids is 2. The average molecular weight is 480 g/mol. The fourth-order valence-electron chi connectivity index (χ4n) is 3.94. The minimum atomic E-state index is -3.79. The molecule has 0 bridgehead atoms. The van der Waals surface area contributed by atoms with E-state index in [1.807, 2.05) is 23.1 Å². The van der Waals surface area contributed by atoms with Gasteiger partial charge in [-0.05, 0) is 73.5 Å². The number of primary amides is 1. The van der Waals surface area contributed by atoms with Gasteiger partial charge in [-0.3, -0.25) is 24.2 Å². The molecule has 1 aromatic heterocycles. The highest BCUT2D eigenvalue weighted by molar-refractivity contribution is 7.92. The lowest BCUT2D eigenvalue weighted by Crippen LogP contribution is -2.39. The molecule has 3 aromatic rings. The minimum Gasteiger partial charge on any atom is -0.368 e. The first-order valence-corrected chi connectivity index (χ1v) is 12.3. The van der Waals surface area contributed by atoms with Gasteiger partial charge >= 0.3 is 0 Å². The molecule has 176 valence electrons. The van der Waals surface area contributed by atoms with Crippen LogP contribution in [-0.2, 0) is 21.4 Å². The Kier molecular flexibility index (Phi) is 6.90. The van der Waals surface area contributed by atoms with E-state index in [1.165, 1.54) is 36.7 Å². The Balaban J connectivity index is 1.41. The first-order chi connectivity index (χ1) is 16.3. The van der Waals surface area contributed by atoms with E-state index in [0.717, 1.165) is 24.9 Å². The zero-order valence-electron chi connectivity index (χ0n) is 18.3. The Morgan fingerprint density at radius 2 is 1.76 bits per heavy atom. The lowest BCUT2D eigenvalue weighted by Gasteiger charge is -2.22. The molecule has 1 atom stereocenters. The molecule has 1 aliphatic rings. The van der Waals surface area contributed by atoms with Crippen molar-refractivity contribution in [2.75, 3.05) is 16.6 Å². The van der Waals surface area contributed by atoms with Crippen LogP contribution < -0.4 is 15.8 Å². The first kappa shape index (κ1) is 23.4. The van der Waals surface area contributed by atoms with Crippen molar-refractivity contribution in [3.05, 3.63) is 84.2 Å². The maximum absolute atomic E-state index is 12.7. The van der Waals surface area contributed by atoms with E-state index in [4.69, 9.17) is 5.73 Å². The Bertz CT molecular complexity index is 1280. The van der Waals surface area contributed by atoms with Crippen molar-refractivity contribution in [2.45, 2.75) is 30.3 Å². The number of anilines is 2. The second-order valence-corrected chi connectivity index (χ2v) is 9.73. The second kappa shape index (κ2) is 10.0. The third kappa shape index (κ3) is 5.59. The molecule has 1 aliphatic heterocycles. The number of nitrogens with two attached hydrogens (primary N) is 1. The summed E-state index contributed by atoms with van der Waals surface area (Å²) in [6.07, 6.45) is 4.66. The summed E-state index contributed by atoms with van der Waals surface area (Å²) in [5.41, 5.74) is 7.77. The van der Waals surface area contributed by atoms with E-state index in [-0.39, 0.29) is 22.8 Å². The van der Waals surface area contributed by atoms with E-state index in [2.05, 4.69) is 15.0 Å². The van der Waals surface area contributed by atoms with Crippen molar-refractivity contribution in [1.29, 1.82) is 0 Å². The minimum absolute atomic E-state index is 0.0393. The summed E-state index contributed by atoms with van der Waals surface area (Å²) in [6, 6.07) is 15.9. The third-order valence-corrected chi connectivity index (χ3v) is 7.02. The zero-order valence-corrected chi connectivity index (χ0v) is 19.2. The summed E-state index contributed by atoms with van der Waals surface area (Å²) in [7, 11) is -3.79. The average Bonchev–Trinajstić information content (AvgIpc) is 3.28. The van der Waals surface area contributed by atoms with Gasteiger partial charge in [0, 0.05) is 30.2 Å². The molecule has 2 amide bonds. The molecule has 0 aliphatic carbocycles. The highest BCUT2D eigenvalue weighted by Gasteiger charge is 2.28. The molecular formula is C24H25N5O4S. The van der Waals surface area contributed by atoms with Gasteiger partial charge in [-0.1, -0.05) is 12.1 Å². The van der Waals surface area contributed by atoms with Gasteiger partial charge in [0.1, 0.15) is 0 Å². The molecule has 1 unspecified atom stereocenters. The summed E-state index contributed by atoms with van der Waals surface area (Å²) in [6.45, 7) is 1.36. The molecule has 0 saturated carbocycles. The number of nitrogens with zero attached hydrogens (tertiary/aromatic N) is 2. The molecule has 1 saturated heterocycles. The number of benzene rings is 2. The van der Waals surface area contributed by atoms with Crippen LogP contribution in [0.1, 0.15) is 28.8 Å². The van der Waals surface area contributed by atoms with Crippen LogP contribution in [-0.4, -0.2) is 42.7 Å². The Morgan fingerprint density at radius 3 is 2.47 bits per heavy atom. The second-order valence-electron chi connectivity index (χ2n) is 8.05. The largest absolute Gasteiger partial charge is 0.368 e. The normalized spacial score (nSPS) is 16.2. The number of amides is 2. The first-order valence-electron chi connectivity index (χ1n) is 10.8. The molecule has 10 heteroatoms. The predicted octanol–water partition coefficient (Wildman–Crippen LogP) is 2.58. The van der Waals surface area contributed by atoms with Gasteiger partial charge in [-0.15, -0.1) is 0 Å². The SMILES string of the molecule is NC(=O)C1CCCN1Cc1cccc(NC(=O)c2ccc(S(=O)(=O)Nc3ccncc3)cc2)c1. The fourth-order valence-corrected chi connectivity index (χ4v) is 5.00. The smallest absolute Gasteiger partial charge is 0.261 e. The summed E-state index contributed by atoms with van der Waals surface area (Å²) >= 11 is 0. The van der Waals surface area contributed by atoms with E-state index in [1.54, 1.807) is 18.2 Å². The van der Waals surface area contributed by atoms with Crippen LogP contribution in [0.2, 0.25) is 0 Å². The number of nitrogens with one attached hydrogen (secondary N) is 2. The number of hydrogen-bond acceptors (Lipinski definition) is 6. The molecule has 0 radical (unpaired) electrons. The van der Waals surface area contributed by atoms with Crippen molar-refractivity contribution in [2.24, 2.45) is 5.73 Å². The van der Waals surface area contributed by atoms with Crippen molar-refractivity contribution in [3.8, 4) is 0 Å². The summed E-state index contributed by atoms with van der Waals surface area (Å²) in [5.74, 6) is -0.678. The fraction of sp³-hybridized carbons (Fsp3) is 0.208. The van der Waals surface area contributed by atoms with Crippen molar-refractivity contribution in [1.82, 2.24) is 9.88 Å². The molecule has 2 heterocycles. The van der Waals surface area contributed by atoms with E-state index < -0.39 is 10.0 Å². The van der Waals surface area contributed by atoms with Crippen LogP contribution in [0.15, 0.2) is 78.0 Å². The van der Waals surface area contributed by atoms with Crippen LogP contribution in [0.5, 0.6) is 0 Å². The van der Waals surface area contributed by atoms with Gasteiger partial charge in [0.25, 0.3) is 15.9 Å². The van der Waals surface area contributed by atoms with Gasteiger partial charge < -0.3 is 11.1 Å². The molecule has 1 fully saturated rings. The number of carbonyl (C=O) groups is 2.